The van der Waals surface area contributed by atoms with Gasteiger partial charge in [0.1, 0.15) is 6.33 Å². The third-order valence-corrected chi connectivity index (χ3v) is 1.50. The fourth-order valence-corrected chi connectivity index (χ4v) is 0.934. The average Bonchev–Trinajstić information content (AvgIpc) is 2.04. The predicted molar refractivity (Wildman–Crippen MR) is 50.0 cm³/mol. The number of nitrogens with one attached hydrogen (secondary N) is 1. The van der Waals surface area contributed by atoms with Crippen LogP contribution in [-0.4, -0.2) is 27.2 Å². The molecule has 1 aromatic rings. The molecular weight excluding hydrogens is 166 g/mol. The fraction of sp³-hybridized carbons (Fsp3) is 0.556. The number of rotatable bonds is 4. The zero-order chi connectivity index (χ0) is 9.73. The minimum absolute atomic E-state index is 0.557. The first-order valence-electron chi connectivity index (χ1n) is 4.25. The first-order valence-corrected chi connectivity index (χ1v) is 4.25. The molecule has 4 heteroatoms. The van der Waals surface area contributed by atoms with Crippen LogP contribution in [0.4, 0.5) is 0 Å². The predicted octanol–water partition coefficient (Wildman–Crippen LogP) is 0.337. The summed E-state index contributed by atoms with van der Waals surface area (Å²) >= 11 is 0. The standard InChI is InChI=1S/C9H15N3O/c1-9(2,13)6-10-3-8-4-11-7-12-5-8/h4-5,7,10,13H,3,6H2,1-2H3. The Morgan fingerprint density at radius 3 is 2.54 bits per heavy atom. The van der Waals surface area contributed by atoms with Gasteiger partial charge in [0.2, 0.25) is 0 Å². The summed E-state index contributed by atoms with van der Waals surface area (Å²) in [7, 11) is 0. The maximum absolute atomic E-state index is 9.40. The molecule has 0 saturated heterocycles. The van der Waals surface area contributed by atoms with Crippen molar-refractivity contribution in [2.45, 2.75) is 26.0 Å². The van der Waals surface area contributed by atoms with Crippen molar-refractivity contribution in [2.75, 3.05) is 6.54 Å². The van der Waals surface area contributed by atoms with Crippen molar-refractivity contribution in [2.24, 2.45) is 0 Å². The van der Waals surface area contributed by atoms with Crippen molar-refractivity contribution in [3.8, 4) is 0 Å². The molecule has 0 spiro atoms. The molecular formula is C9H15N3O. The maximum Gasteiger partial charge on any atom is 0.115 e. The highest BCUT2D eigenvalue weighted by Crippen LogP contribution is 1.98. The van der Waals surface area contributed by atoms with Gasteiger partial charge < -0.3 is 10.4 Å². The van der Waals surface area contributed by atoms with Crippen LogP contribution in [0.25, 0.3) is 0 Å². The number of hydrogen-bond donors (Lipinski definition) is 2. The molecule has 0 radical (unpaired) electrons. The smallest absolute Gasteiger partial charge is 0.115 e. The van der Waals surface area contributed by atoms with Gasteiger partial charge in [-0.3, -0.25) is 0 Å². The van der Waals surface area contributed by atoms with Crippen molar-refractivity contribution in [1.82, 2.24) is 15.3 Å². The van der Waals surface area contributed by atoms with Crippen LogP contribution < -0.4 is 5.32 Å². The lowest BCUT2D eigenvalue weighted by Crippen LogP contribution is -2.34. The Hall–Kier alpha value is -1.00. The van der Waals surface area contributed by atoms with Crippen LogP contribution in [0.2, 0.25) is 0 Å². The van der Waals surface area contributed by atoms with Crippen molar-refractivity contribution in [1.29, 1.82) is 0 Å². The third-order valence-electron chi connectivity index (χ3n) is 1.50. The van der Waals surface area contributed by atoms with E-state index in [1.807, 2.05) is 0 Å². The molecule has 1 aromatic heterocycles. The summed E-state index contributed by atoms with van der Waals surface area (Å²) in [6.45, 7) is 4.77. The molecule has 1 rings (SSSR count). The number of nitrogens with zero attached hydrogens (tertiary/aromatic N) is 2. The van der Waals surface area contributed by atoms with E-state index in [1.54, 1.807) is 26.2 Å². The van der Waals surface area contributed by atoms with E-state index in [9.17, 15) is 5.11 Å². The van der Waals surface area contributed by atoms with E-state index in [0.29, 0.717) is 13.1 Å². The highest BCUT2D eigenvalue weighted by atomic mass is 16.3. The summed E-state index contributed by atoms with van der Waals surface area (Å²) in [5.74, 6) is 0. The first-order chi connectivity index (χ1) is 6.08. The second-order valence-corrected chi connectivity index (χ2v) is 3.66. The minimum atomic E-state index is -0.671. The van der Waals surface area contributed by atoms with E-state index in [1.165, 1.54) is 6.33 Å². The Morgan fingerprint density at radius 1 is 1.38 bits per heavy atom. The minimum Gasteiger partial charge on any atom is -0.389 e. The highest BCUT2D eigenvalue weighted by Gasteiger charge is 2.10. The lowest BCUT2D eigenvalue weighted by molar-refractivity contribution is 0.0795. The highest BCUT2D eigenvalue weighted by molar-refractivity contribution is 5.01. The third kappa shape index (κ3) is 4.55. The van der Waals surface area contributed by atoms with Gasteiger partial charge >= 0.3 is 0 Å². The number of aliphatic hydroxyl groups is 1. The number of aromatic nitrogens is 2. The average molecular weight is 181 g/mol. The molecule has 0 amide bonds. The molecule has 0 aliphatic heterocycles. The molecule has 1 heterocycles. The monoisotopic (exact) mass is 181 g/mol. The van der Waals surface area contributed by atoms with Crippen molar-refractivity contribution in [3.05, 3.63) is 24.3 Å². The van der Waals surface area contributed by atoms with Gasteiger partial charge in [0.05, 0.1) is 5.60 Å². The van der Waals surface area contributed by atoms with E-state index in [-0.39, 0.29) is 0 Å². The van der Waals surface area contributed by atoms with E-state index >= 15 is 0 Å². The van der Waals surface area contributed by atoms with Crippen LogP contribution in [-0.2, 0) is 6.54 Å². The zero-order valence-corrected chi connectivity index (χ0v) is 7.99. The van der Waals surface area contributed by atoms with Crippen molar-refractivity contribution >= 4 is 0 Å². The lowest BCUT2D eigenvalue weighted by Gasteiger charge is -2.17. The first kappa shape index (κ1) is 10.1. The Labute approximate surface area is 78.0 Å². The summed E-state index contributed by atoms with van der Waals surface area (Å²) < 4.78 is 0. The summed E-state index contributed by atoms with van der Waals surface area (Å²) in [6.07, 6.45) is 5.01. The van der Waals surface area contributed by atoms with Gasteiger partial charge in [-0.15, -0.1) is 0 Å². The molecule has 72 valence electrons. The van der Waals surface area contributed by atoms with Crippen molar-refractivity contribution in [3.63, 3.8) is 0 Å². The second kappa shape index (κ2) is 4.30. The van der Waals surface area contributed by atoms with Gasteiger partial charge in [0, 0.05) is 31.0 Å². The van der Waals surface area contributed by atoms with Gasteiger partial charge in [0.15, 0.2) is 0 Å². The van der Waals surface area contributed by atoms with E-state index < -0.39 is 5.60 Å². The Balaban J connectivity index is 2.29. The Bertz CT molecular complexity index is 243. The van der Waals surface area contributed by atoms with Crippen LogP contribution in [0.3, 0.4) is 0 Å². The maximum atomic E-state index is 9.40. The van der Waals surface area contributed by atoms with Crippen LogP contribution >= 0.6 is 0 Å². The molecule has 4 nitrogen and oxygen atoms in total. The fourth-order valence-electron chi connectivity index (χ4n) is 0.934. The summed E-state index contributed by atoms with van der Waals surface area (Å²) in [6, 6.07) is 0. The second-order valence-electron chi connectivity index (χ2n) is 3.66. The molecule has 0 saturated carbocycles. The summed E-state index contributed by atoms with van der Waals surface area (Å²) in [5, 5.41) is 12.5. The summed E-state index contributed by atoms with van der Waals surface area (Å²) in [4.78, 5) is 7.77. The summed E-state index contributed by atoms with van der Waals surface area (Å²) in [5.41, 5.74) is 0.349. The molecule has 13 heavy (non-hydrogen) atoms. The van der Waals surface area contributed by atoms with E-state index in [2.05, 4.69) is 15.3 Å². The van der Waals surface area contributed by atoms with Crippen LogP contribution in [0, 0.1) is 0 Å². The van der Waals surface area contributed by atoms with Crippen LogP contribution in [0.15, 0.2) is 18.7 Å². The molecule has 0 aromatic carbocycles. The van der Waals surface area contributed by atoms with E-state index in [4.69, 9.17) is 0 Å². The normalized spacial score (nSPS) is 11.6. The van der Waals surface area contributed by atoms with Gasteiger partial charge in [-0.05, 0) is 13.8 Å². The molecule has 0 fully saturated rings. The molecule has 0 bridgehead atoms. The van der Waals surface area contributed by atoms with Crippen molar-refractivity contribution < 1.29 is 5.11 Å². The lowest BCUT2D eigenvalue weighted by atomic mass is 10.1. The molecule has 0 aliphatic rings. The zero-order valence-electron chi connectivity index (χ0n) is 7.99. The quantitative estimate of drug-likeness (QED) is 0.703. The Kier molecular flexibility index (Phi) is 3.33. The molecule has 0 aliphatic carbocycles. The van der Waals surface area contributed by atoms with Gasteiger partial charge in [-0.25, -0.2) is 9.97 Å². The Morgan fingerprint density at radius 2 is 2.00 bits per heavy atom. The topological polar surface area (TPSA) is 58.0 Å². The SMILES string of the molecule is CC(C)(O)CNCc1cncnc1. The van der Waals surface area contributed by atoms with Gasteiger partial charge in [0.25, 0.3) is 0 Å². The van der Waals surface area contributed by atoms with Gasteiger partial charge in [-0.1, -0.05) is 0 Å². The van der Waals surface area contributed by atoms with Crippen LogP contribution in [0.5, 0.6) is 0 Å². The largest absolute Gasteiger partial charge is 0.389 e. The molecule has 0 unspecified atom stereocenters. The van der Waals surface area contributed by atoms with E-state index in [0.717, 1.165) is 5.56 Å². The molecule has 0 atom stereocenters. The number of hydrogen-bond acceptors (Lipinski definition) is 4. The molecule has 2 N–H and O–H groups in total. The van der Waals surface area contributed by atoms with Crippen LogP contribution in [0.1, 0.15) is 19.4 Å². The van der Waals surface area contributed by atoms with Gasteiger partial charge in [-0.2, -0.15) is 0 Å².